The summed E-state index contributed by atoms with van der Waals surface area (Å²) < 4.78 is 7.70. The van der Waals surface area contributed by atoms with Crippen LogP contribution in [0, 0.1) is 13.8 Å². The van der Waals surface area contributed by atoms with Crippen molar-refractivity contribution in [3.63, 3.8) is 0 Å². The number of aryl methyl sites for hydroxylation is 1. The lowest BCUT2D eigenvalue weighted by molar-refractivity contribution is 0.102. The van der Waals surface area contributed by atoms with Crippen LogP contribution in [-0.2, 0) is 20.6 Å². The smallest absolute Gasteiger partial charge is 0.330 e. The van der Waals surface area contributed by atoms with Crippen LogP contribution in [0.15, 0.2) is 64.4 Å². The summed E-state index contributed by atoms with van der Waals surface area (Å²) >= 11 is 0. The molecule has 208 valence electrons. The van der Waals surface area contributed by atoms with E-state index in [1.54, 1.807) is 13.2 Å². The number of ether oxygens (including phenoxy) is 1. The summed E-state index contributed by atoms with van der Waals surface area (Å²) in [6.07, 6.45) is 3.06. The number of anilines is 1. The van der Waals surface area contributed by atoms with E-state index in [-0.39, 0.29) is 12.2 Å². The third-order valence-corrected chi connectivity index (χ3v) is 6.94. The predicted molar refractivity (Wildman–Crippen MR) is 155 cm³/mol. The van der Waals surface area contributed by atoms with Gasteiger partial charge in [-0.05, 0) is 53.8 Å². The van der Waals surface area contributed by atoms with Crippen LogP contribution in [0.5, 0.6) is 5.75 Å². The highest BCUT2D eigenvalue weighted by atomic mass is 16.5. The largest absolute Gasteiger partial charge is 0.495 e. The first-order chi connectivity index (χ1) is 19.2. The van der Waals surface area contributed by atoms with Gasteiger partial charge in [-0.25, -0.2) is 4.79 Å². The number of hydrogen-bond donors (Lipinski definition) is 3. The Hall–Kier alpha value is -4.54. The Morgan fingerprint density at radius 2 is 1.70 bits per heavy atom. The van der Waals surface area contributed by atoms with Gasteiger partial charge in [0.25, 0.3) is 11.5 Å². The number of pyridine rings is 1. The molecular formula is C30H33N5O5. The average molecular weight is 544 g/mol. The molecule has 0 unspecified atom stereocenters. The van der Waals surface area contributed by atoms with Gasteiger partial charge in [0.05, 0.1) is 19.4 Å². The lowest BCUT2D eigenvalue weighted by Crippen LogP contribution is -2.40. The number of nitrogens with one attached hydrogen (secondary N) is 2. The number of nitrogens with zero attached hydrogens (tertiary/aromatic N) is 3. The normalized spacial score (nSPS) is 10.9. The van der Waals surface area contributed by atoms with Crippen LogP contribution in [0.2, 0.25) is 0 Å². The molecule has 0 radical (unpaired) electrons. The minimum atomic E-state index is -0.655. The fraction of sp³-hybridized carbons (Fsp3) is 0.267. The molecule has 2 heterocycles. The predicted octanol–water partition coefficient (Wildman–Crippen LogP) is 2.77. The number of aromatic nitrogens is 3. The number of aliphatic hydroxyl groups is 1. The van der Waals surface area contributed by atoms with Gasteiger partial charge in [0.1, 0.15) is 11.3 Å². The second kappa shape index (κ2) is 12.1. The van der Waals surface area contributed by atoms with Crippen LogP contribution in [0.3, 0.4) is 0 Å². The van der Waals surface area contributed by atoms with E-state index >= 15 is 0 Å². The zero-order valence-electron chi connectivity index (χ0n) is 23.2. The van der Waals surface area contributed by atoms with Crippen LogP contribution >= 0.6 is 0 Å². The molecule has 0 saturated heterocycles. The van der Waals surface area contributed by atoms with E-state index in [0.29, 0.717) is 24.5 Å². The van der Waals surface area contributed by atoms with Gasteiger partial charge in [-0.1, -0.05) is 30.3 Å². The fourth-order valence-electron chi connectivity index (χ4n) is 4.67. The van der Waals surface area contributed by atoms with Crippen LogP contribution in [0.25, 0.3) is 22.3 Å². The molecule has 2 aromatic heterocycles. The van der Waals surface area contributed by atoms with Crippen molar-refractivity contribution in [2.45, 2.75) is 20.4 Å². The Balaban J connectivity index is 1.69. The van der Waals surface area contributed by atoms with E-state index in [4.69, 9.17) is 9.84 Å². The van der Waals surface area contributed by atoms with Crippen molar-refractivity contribution in [2.75, 3.05) is 25.6 Å². The van der Waals surface area contributed by atoms with E-state index in [0.717, 1.165) is 43.6 Å². The van der Waals surface area contributed by atoms with Gasteiger partial charge in [0, 0.05) is 50.8 Å². The first kappa shape index (κ1) is 28.5. The molecule has 10 nitrogen and oxygen atoms in total. The van der Waals surface area contributed by atoms with Crippen molar-refractivity contribution in [3.8, 4) is 28.0 Å². The second-order valence-corrected chi connectivity index (χ2v) is 9.48. The maximum absolute atomic E-state index is 13.1. The first-order valence-electron chi connectivity index (χ1n) is 12.8. The third-order valence-electron chi connectivity index (χ3n) is 6.94. The zero-order valence-corrected chi connectivity index (χ0v) is 23.2. The number of benzene rings is 2. The van der Waals surface area contributed by atoms with Crippen LogP contribution in [-0.4, -0.2) is 45.4 Å². The number of aliphatic hydroxyl groups excluding tert-OH is 1. The van der Waals surface area contributed by atoms with Crippen molar-refractivity contribution in [2.24, 2.45) is 14.1 Å². The van der Waals surface area contributed by atoms with Crippen LogP contribution in [0.1, 0.15) is 27.2 Å². The molecular weight excluding hydrogens is 510 g/mol. The van der Waals surface area contributed by atoms with Crippen LogP contribution < -0.4 is 26.6 Å². The summed E-state index contributed by atoms with van der Waals surface area (Å²) in [5, 5.41) is 15.0. The third kappa shape index (κ3) is 5.58. The standard InChI is InChI=1S/C30H33N5O5/c1-18-21(20-14-27(40-5)26(32-15-20)16-31-12-13-36)8-6-9-22(18)23-10-7-11-25(19(23)2)33-28(37)24-17-34(3)30(39)35(4)29(24)38/h6-11,14-15,17,31,36H,12-13,16H2,1-5H3,(H,33,37). The van der Waals surface area contributed by atoms with Gasteiger partial charge in [0.2, 0.25) is 0 Å². The number of rotatable bonds is 9. The van der Waals surface area contributed by atoms with Gasteiger partial charge < -0.3 is 25.0 Å². The number of amides is 1. The topological polar surface area (TPSA) is 127 Å². The lowest BCUT2D eigenvalue weighted by atomic mass is 9.90. The molecule has 40 heavy (non-hydrogen) atoms. The Morgan fingerprint density at radius 1 is 1.02 bits per heavy atom. The molecule has 0 atom stereocenters. The Morgan fingerprint density at radius 3 is 2.40 bits per heavy atom. The molecule has 4 aromatic rings. The summed E-state index contributed by atoms with van der Waals surface area (Å²) in [6.45, 7) is 4.93. The first-order valence-corrected chi connectivity index (χ1v) is 12.8. The van der Waals surface area contributed by atoms with Crippen molar-refractivity contribution >= 4 is 11.6 Å². The molecule has 3 N–H and O–H groups in total. The molecule has 0 bridgehead atoms. The number of methoxy groups -OCH3 is 1. The summed E-state index contributed by atoms with van der Waals surface area (Å²) in [5.41, 5.74) is 5.68. The van der Waals surface area contributed by atoms with Crippen molar-refractivity contribution in [3.05, 3.63) is 98.1 Å². The molecule has 1 amide bonds. The molecule has 0 fully saturated rings. The molecule has 0 spiro atoms. The molecule has 0 aliphatic rings. The molecule has 4 rings (SSSR count). The molecule has 10 heteroatoms. The highest BCUT2D eigenvalue weighted by molar-refractivity contribution is 6.04. The average Bonchev–Trinajstić information content (AvgIpc) is 2.95. The minimum absolute atomic E-state index is 0.0440. The lowest BCUT2D eigenvalue weighted by Gasteiger charge is -2.17. The molecule has 0 aliphatic heterocycles. The maximum Gasteiger partial charge on any atom is 0.330 e. The van der Waals surface area contributed by atoms with Crippen LogP contribution in [0.4, 0.5) is 5.69 Å². The van der Waals surface area contributed by atoms with Gasteiger partial charge in [-0.15, -0.1) is 0 Å². The van der Waals surface area contributed by atoms with E-state index in [2.05, 4.69) is 15.6 Å². The van der Waals surface area contributed by atoms with Crippen molar-refractivity contribution in [1.82, 2.24) is 19.4 Å². The van der Waals surface area contributed by atoms with E-state index in [1.165, 1.54) is 24.9 Å². The Kier molecular flexibility index (Phi) is 8.61. The highest BCUT2D eigenvalue weighted by Gasteiger charge is 2.18. The quantitative estimate of drug-likeness (QED) is 0.277. The Labute approximate surface area is 231 Å². The van der Waals surface area contributed by atoms with E-state index in [9.17, 15) is 14.4 Å². The van der Waals surface area contributed by atoms with E-state index in [1.807, 2.05) is 56.4 Å². The number of carbonyl (C=O) groups is 1. The molecule has 0 saturated carbocycles. The van der Waals surface area contributed by atoms with Crippen molar-refractivity contribution < 1.29 is 14.6 Å². The summed E-state index contributed by atoms with van der Waals surface area (Å²) in [5.74, 6) is 0.0619. The number of carbonyl (C=O) groups excluding carboxylic acids is 1. The second-order valence-electron chi connectivity index (χ2n) is 9.48. The molecule has 0 aliphatic carbocycles. The number of hydrogen-bond acceptors (Lipinski definition) is 7. The minimum Gasteiger partial charge on any atom is -0.495 e. The van der Waals surface area contributed by atoms with Gasteiger partial charge in [0.15, 0.2) is 0 Å². The Bertz CT molecular complexity index is 1690. The van der Waals surface area contributed by atoms with E-state index < -0.39 is 17.2 Å². The SMILES string of the molecule is COc1cc(-c2cccc(-c3cccc(NC(=O)c4cn(C)c(=O)n(C)c4=O)c3C)c2C)cnc1CNCCO. The summed E-state index contributed by atoms with van der Waals surface area (Å²) in [6, 6.07) is 13.6. The summed E-state index contributed by atoms with van der Waals surface area (Å²) in [7, 11) is 4.44. The molecule has 2 aromatic carbocycles. The van der Waals surface area contributed by atoms with Gasteiger partial charge in [-0.3, -0.25) is 19.1 Å². The fourth-order valence-corrected chi connectivity index (χ4v) is 4.67. The van der Waals surface area contributed by atoms with Gasteiger partial charge >= 0.3 is 5.69 Å². The monoisotopic (exact) mass is 543 g/mol. The van der Waals surface area contributed by atoms with Crippen molar-refractivity contribution in [1.29, 1.82) is 0 Å². The maximum atomic E-state index is 13.1. The van der Waals surface area contributed by atoms with Gasteiger partial charge in [-0.2, -0.15) is 0 Å². The summed E-state index contributed by atoms with van der Waals surface area (Å²) in [4.78, 5) is 42.2. The zero-order chi connectivity index (χ0) is 29.0. The highest BCUT2D eigenvalue weighted by Crippen LogP contribution is 2.36.